The third kappa shape index (κ3) is 2.90. The van der Waals surface area contributed by atoms with Crippen molar-refractivity contribution in [3.63, 3.8) is 0 Å². The van der Waals surface area contributed by atoms with Gasteiger partial charge in [0, 0.05) is 18.0 Å². The van der Waals surface area contributed by atoms with Crippen LogP contribution in [-0.4, -0.2) is 69.6 Å². The summed E-state index contributed by atoms with van der Waals surface area (Å²) in [6.45, 7) is 3.63. The molecule has 0 aromatic heterocycles. The molecular formula is C14H18N2O5S2. The number of rotatable bonds is 4. The highest BCUT2D eigenvalue weighted by atomic mass is 32.2. The third-order valence-corrected chi connectivity index (χ3v) is 5.83. The molecule has 0 saturated carbocycles. The first-order valence-electron chi connectivity index (χ1n) is 7.41. The van der Waals surface area contributed by atoms with Gasteiger partial charge in [0.2, 0.25) is 16.9 Å². The highest BCUT2D eigenvalue weighted by Gasteiger charge is 2.57. The number of β-lactam (4-membered cyclic amide) rings is 1. The number of morpholine rings is 1. The van der Waals surface area contributed by atoms with Gasteiger partial charge in [-0.15, -0.1) is 11.8 Å². The number of fused-ring (bicyclic) bond motifs is 1. The van der Waals surface area contributed by atoms with E-state index in [0.29, 0.717) is 31.2 Å². The van der Waals surface area contributed by atoms with Crippen LogP contribution in [0.3, 0.4) is 0 Å². The molecule has 0 unspecified atom stereocenters. The Kier molecular flexibility index (Phi) is 4.73. The molecular weight excluding hydrogens is 340 g/mol. The SMILES string of the molecule is C[C@H](O)[C@@H]1C(=O)N2C(C(=O)S)=C(CC(=O)N3CCOCC3)S[C@H]12. The van der Waals surface area contributed by atoms with Crippen molar-refractivity contribution in [1.82, 2.24) is 9.80 Å². The number of thiol groups is 1. The molecule has 3 aliphatic heterocycles. The average molecular weight is 358 g/mol. The van der Waals surface area contributed by atoms with Crippen LogP contribution in [-0.2, 0) is 19.1 Å². The summed E-state index contributed by atoms with van der Waals surface area (Å²) in [5.74, 6) is -0.922. The van der Waals surface area contributed by atoms with Gasteiger partial charge >= 0.3 is 0 Å². The molecule has 0 bridgehead atoms. The molecule has 3 heterocycles. The van der Waals surface area contributed by atoms with E-state index in [1.165, 1.54) is 16.7 Å². The zero-order valence-corrected chi connectivity index (χ0v) is 14.3. The molecule has 3 atom stereocenters. The van der Waals surface area contributed by atoms with E-state index < -0.39 is 17.1 Å². The number of hydrogen-bond acceptors (Lipinski definition) is 6. The number of hydrogen-bond donors (Lipinski definition) is 2. The minimum Gasteiger partial charge on any atom is -0.392 e. The van der Waals surface area contributed by atoms with Crippen LogP contribution in [0, 0.1) is 5.92 Å². The predicted octanol–water partition coefficient (Wildman–Crippen LogP) is -0.185. The number of ether oxygens (including phenoxy) is 1. The standard InChI is InChI=1S/C14H18N2O5S2/c1-7(17)10-12(19)16-11(14(20)22)8(23-13(10)16)6-9(18)15-2-4-21-5-3-15/h7,10,13,17H,2-6H2,1H3,(H,20,22)/t7-,10+,13+/m0/s1. The Morgan fingerprint density at radius 1 is 1.43 bits per heavy atom. The minimum absolute atomic E-state index is 0.0686. The molecule has 9 heteroatoms. The van der Waals surface area contributed by atoms with Crippen molar-refractivity contribution in [3.8, 4) is 0 Å². The molecule has 1 N–H and O–H groups in total. The van der Waals surface area contributed by atoms with Gasteiger partial charge in [-0.25, -0.2) is 0 Å². The molecule has 0 aromatic carbocycles. The monoisotopic (exact) mass is 358 g/mol. The van der Waals surface area contributed by atoms with Gasteiger partial charge in [-0.2, -0.15) is 0 Å². The topological polar surface area (TPSA) is 87.2 Å². The molecule has 2 saturated heterocycles. The van der Waals surface area contributed by atoms with Gasteiger partial charge in [-0.1, -0.05) is 12.6 Å². The van der Waals surface area contributed by atoms with E-state index in [0.717, 1.165) is 0 Å². The third-order valence-electron chi connectivity index (χ3n) is 4.25. The molecule has 0 spiro atoms. The van der Waals surface area contributed by atoms with Gasteiger partial charge in [-0.3, -0.25) is 19.3 Å². The number of aliphatic hydroxyl groups excluding tert-OH is 1. The van der Waals surface area contributed by atoms with E-state index in [1.54, 1.807) is 11.8 Å². The van der Waals surface area contributed by atoms with Gasteiger partial charge < -0.3 is 14.7 Å². The second-order valence-electron chi connectivity index (χ2n) is 5.73. The lowest BCUT2D eigenvalue weighted by Crippen LogP contribution is -2.60. The molecule has 0 aromatic rings. The van der Waals surface area contributed by atoms with Crippen LogP contribution in [0.25, 0.3) is 0 Å². The van der Waals surface area contributed by atoms with E-state index in [9.17, 15) is 19.5 Å². The largest absolute Gasteiger partial charge is 0.392 e. The summed E-state index contributed by atoms with van der Waals surface area (Å²) in [5, 5.41) is 8.87. The van der Waals surface area contributed by atoms with Gasteiger partial charge in [0.25, 0.3) is 0 Å². The van der Waals surface area contributed by atoms with Crippen molar-refractivity contribution >= 4 is 41.3 Å². The Bertz CT molecular complexity index is 586. The van der Waals surface area contributed by atoms with Crippen molar-refractivity contribution in [1.29, 1.82) is 0 Å². The lowest BCUT2D eigenvalue weighted by atomic mass is 9.92. The van der Waals surface area contributed by atoms with E-state index in [1.807, 2.05) is 0 Å². The summed E-state index contributed by atoms with van der Waals surface area (Å²) >= 11 is 5.15. The maximum absolute atomic E-state index is 12.4. The predicted molar refractivity (Wildman–Crippen MR) is 86.4 cm³/mol. The Morgan fingerprint density at radius 3 is 2.65 bits per heavy atom. The first kappa shape index (κ1) is 16.8. The number of amides is 2. The Hall–Kier alpha value is -1.03. The maximum Gasteiger partial charge on any atom is 0.236 e. The number of thioether (sulfide) groups is 1. The van der Waals surface area contributed by atoms with Crippen LogP contribution in [0.5, 0.6) is 0 Å². The second-order valence-corrected chi connectivity index (χ2v) is 7.35. The summed E-state index contributed by atoms with van der Waals surface area (Å²) in [6, 6.07) is 0. The summed E-state index contributed by atoms with van der Waals surface area (Å²) in [4.78, 5) is 40.0. The van der Waals surface area contributed by atoms with E-state index >= 15 is 0 Å². The molecule has 0 radical (unpaired) electrons. The van der Waals surface area contributed by atoms with Crippen molar-refractivity contribution in [2.45, 2.75) is 24.8 Å². The Morgan fingerprint density at radius 2 is 2.09 bits per heavy atom. The minimum atomic E-state index is -0.790. The fraction of sp³-hybridized carbons (Fsp3) is 0.643. The smallest absolute Gasteiger partial charge is 0.236 e. The van der Waals surface area contributed by atoms with Crippen LogP contribution in [0.4, 0.5) is 0 Å². The maximum atomic E-state index is 12.4. The Balaban J connectivity index is 1.77. The molecule has 2 fully saturated rings. The van der Waals surface area contributed by atoms with Crippen LogP contribution in [0.2, 0.25) is 0 Å². The zero-order valence-electron chi connectivity index (χ0n) is 12.6. The summed E-state index contributed by atoms with van der Waals surface area (Å²) < 4.78 is 5.22. The van der Waals surface area contributed by atoms with Crippen LogP contribution in [0.15, 0.2) is 10.6 Å². The van der Waals surface area contributed by atoms with Crippen molar-refractivity contribution in [3.05, 3.63) is 10.6 Å². The fourth-order valence-electron chi connectivity index (χ4n) is 3.04. The number of carbonyl (C=O) groups excluding carboxylic acids is 3. The Labute approximate surface area is 143 Å². The lowest BCUT2D eigenvalue weighted by Gasteiger charge is -2.43. The van der Waals surface area contributed by atoms with Crippen LogP contribution < -0.4 is 0 Å². The quantitative estimate of drug-likeness (QED) is 0.535. The summed E-state index contributed by atoms with van der Waals surface area (Å²) in [7, 11) is 0. The molecule has 126 valence electrons. The average Bonchev–Trinajstić information content (AvgIpc) is 2.82. The van der Waals surface area contributed by atoms with Gasteiger partial charge in [0.1, 0.15) is 11.1 Å². The van der Waals surface area contributed by atoms with Gasteiger partial charge in [0.05, 0.1) is 31.7 Å². The van der Waals surface area contributed by atoms with E-state index in [4.69, 9.17) is 4.74 Å². The summed E-state index contributed by atoms with van der Waals surface area (Å²) in [6.07, 6.45) is -0.721. The van der Waals surface area contributed by atoms with E-state index in [2.05, 4.69) is 12.6 Å². The highest BCUT2D eigenvalue weighted by Crippen LogP contribution is 2.51. The first-order chi connectivity index (χ1) is 10.9. The number of nitrogens with zero attached hydrogens (tertiary/aromatic N) is 2. The number of carbonyl (C=O) groups is 3. The van der Waals surface area contributed by atoms with Gasteiger partial charge in [-0.05, 0) is 6.92 Å². The summed E-state index contributed by atoms with van der Waals surface area (Å²) in [5.41, 5.74) is 0.187. The number of aliphatic hydroxyl groups is 1. The zero-order chi connectivity index (χ0) is 16.7. The van der Waals surface area contributed by atoms with Crippen LogP contribution in [0.1, 0.15) is 13.3 Å². The van der Waals surface area contributed by atoms with Crippen molar-refractivity contribution in [2.75, 3.05) is 26.3 Å². The normalized spacial score (nSPS) is 28.6. The molecule has 0 aliphatic carbocycles. The van der Waals surface area contributed by atoms with Crippen molar-refractivity contribution < 1.29 is 24.2 Å². The fourth-order valence-corrected chi connectivity index (χ4v) is 4.96. The van der Waals surface area contributed by atoms with Gasteiger partial charge in [0.15, 0.2) is 0 Å². The molecule has 3 aliphatic rings. The highest BCUT2D eigenvalue weighted by molar-refractivity contribution is 8.04. The lowest BCUT2D eigenvalue weighted by molar-refractivity contribution is -0.153. The van der Waals surface area contributed by atoms with Crippen molar-refractivity contribution in [2.24, 2.45) is 5.92 Å². The molecule has 3 rings (SSSR count). The van der Waals surface area contributed by atoms with E-state index in [-0.39, 0.29) is 29.3 Å². The first-order valence-corrected chi connectivity index (χ1v) is 8.74. The van der Waals surface area contributed by atoms with Crippen LogP contribution >= 0.6 is 24.4 Å². The molecule has 7 nitrogen and oxygen atoms in total. The second kappa shape index (κ2) is 6.46. The molecule has 2 amide bonds. The molecule has 23 heavy (non-hydrogen) atoms.